The molecule has 1 spiro atoms. The third-order valence-electron chi connectivity index (χ3n) is 13.7. The normalized spacial score (nSPS) is 18.4. The molecular formula is C55H83N5O8. The van der Waals surface area contributed by atoms with E-state index in [1.807, 2.05) is 100 Å². The number of ketones is 2. The lowest BCUT2D eigenvalue weighted by Gasteiger charge is -2.56. The van der Waals surface area contributed by atoms with Gasteiger partial charge in [-0.15, -0.1) is 0 Å². The molecule has 4 amide bonds. The number of Topliss-reactive ketones (excluding diaryl/α,β-unsaturated/α-hetero) is 2. The van der Waals surface area contributed by atoms with Gasteiger partial charge in [-0.05, 0) is 148 Å². The second-order valence-corrected chi connectivity index (χ2v) is 22.4. The van der Waals surface area contributed by atoms with Gasteiger partial charge in [0.1, 0.15) is 11.2 Å². The number of piperidine rings is 2. The Labute approximate surface area is 407 Å². The van der Waals surface area contributed by atoms with Gasteiger partial charge in [0.25, 0.3) is 0 Å². The van der Waals surface area contributed by atoms with Gasteiger partial charge in [-0.1, -0.05) is 87.4 Å². The minimum absolute atomic E-state index is 0.0238. The number of hydrogen-bond donors (Lipinski definition) is 3. The predicted octanol–water partition coefficient (Wildman–Crippen LogP) is 9.00. The van der Waals surface area contributed by atoms with Crippen LogP contribution in [0.25, 0.3) is 0 Å². The zero-order valence-electron chi connectivity index (χ0n) is 42.5. The summed E-state index contributed by atoms with van der Waals surface area (Å²) in [5.74, 6) is -2.42. The largest absolute Gasteiger partial charge is 0.444 e. The Balaban J connectivity index is 1.30. The van der Waals surface area contributed by atoms with Crippen LogP contribution in [-0.4, -0.2) is 107 Å². The van der Waals surface area contributed by atoms with Crippen molar-refractivity contribution in [1.82, 2.24) is 25.8 Å². The van der Waals surface area contributed by atoms with E-state index in [2.05, 4.69) is 20.9 Å². The topological polar surface area (TPSA) is 163 Å². The van der Waals surface area contributed by atoms with Crippen LogP contribution in [0.1, 0.15) is 150 Å². The highest BCUT2D eigenvalue weighted by Crippen LogP contribution is 2.51. The number of likely N-dealkylation sites (tertiary alicyclic amines) is 2. The maximum Gasteiger partial charge on any atom is 0.408 e. The third kappa shape index (κ3) is 17.9. The van der Waals surface area contributed by atoms with E-state index in [1.54, 1.807) is 20.8 Å². The van der Waals surface area contributed by atoms with E-state index in [4.69, 9.17) is 9.47 Å². The fraction of sp³-hybridized carbons (Fsp3) is 0.673. The SMILES string of the molecule is CC(C)C[C@@H](NC(=O)[C@H](CC(=O)[C@@H](Cc1ccccc1)NC(=O)OC(C)(C)C)Cc1ccccc1)C(=O)C[C@H](CCCCNC(=O)OC(C)(C)C)C(=O)N1CCC2(CC1)CC(N1CCCCC1)C2. The van der Waals surface area contributed by atoms with E-state index in [-0.39, 0.29) is 54.5 Å². The molecule has 0 bridgehead atoms. The molecule has 13 nitrogen and oxygen atoms in total. The molecule has 2 saturated heterocycles. The summed E-state index contributed by atoms with van der Waals surface area (Å²) >= 11 is 0. The van der Waals surface area contributed by atoms with Crippen LogP contribution in [0, 0.1) is 23.2 Å². The highest BCUT2D eigenvalue weighted by molar-refractivity contribution is 5.95. The first-order chi connectivity index (χ1) is 32.2. The molecular weight excluding hydrogens is 859 g/mol. The third-order valence-corrected chi connectivity index (χ3v) is 13.7. The number of carbonyl (C=O) groups is 6. The van der Waals surface area contributed by atoms with Gasteiger partial charge in [-0.2, -0.15) is 0 Å². The van der Waals surface area contributed by atoms with Crippen LogP contribution >= 0.6 is 0 Å². The number of rotatable bonds is 22. The molecule has 0 aromatic heterocycles. The highest BCUT2D eigenvalue weighted by Gasteiger charge is 2.48. The maximum absolute atomic E-state index is 14.6. The molecule has 3 aliphatic rings. The molecule has 13 heteroatoms. The molecule has 2 aromatic rings. The van der Waals surface area contributed by atoms with Crippen molar-refractivity contribution in [2.75, 3.05) is 32.7 Å². The van der Waals surface area contributed by atoms with Gasteiger partial charge in [0.15, 0.2) is 11.6 Å². The van der Waals surface area contributed by atoms with E-state index >= 15 is 0 Å². The fourth-order valence-electron chi connectivity index (χ4n) is 10.2. The van der Waals surface area contributed by atoms with Crippen LogP contribution in [0.3, 0.4) is 0 Å². The zero-order chi connectivity index (χ0) is 49.5. The minimum atomic E-state index is -0.970. The number of hydrogen-bond acceptors (Lipinski definition) is 9. The fourth-order valence-corrected chi connectivity index (χ4v) is 10.2. The zero-order valence-corrected chi connectivity index (χ0v) is 42.5. The van der Waals surface area contributed by atoms with Crippen molar-refractivity contribution in [3.63, 3.8) is 0 Å². The molecule has 68 heavy (non-hydrogen) atoms. The number of amides is 4. The molecule has 5 rings (SSSR count). The van der Waals surface area contributed by atoms with Crippen molar-refractivity contribution < 1.29 is 38.2 Å². The summed E-state index contributed by atoms with van der Waals surface area (Å²) in [5.41, 5.74) is 0.571. The highest BCUT2D eigenvalue weighted by atomic mass is 16.6. The van der Waals surface area contributed by atoms with Crippen LogP contribution in [0.4, 0.5) is 9.59 Å². The van der Waals surface area contributed by atoms with Crippen molar-refractivity contribution in [1.29, 1.82) is 0 Å². The Bertz CT molecular complexity index is 1940. The summed E-state index contributed by atoms with van der Waals surface area (Å²) in [6, 6.07) is 17.6. The first kappa shape index (κ1) is 54.2. The van der Waals surface area contributed by atoms with Crippen LogP contribution < -0.4 is 16.0 Å². The first-order valence-electron chi connectivity index (χ1n) is 25.6. The summed E-state index contributed by atoms with van der Waals surface area (Å²) in [6.07, 6.45) is 9.25. The number of alkyl carbamates (subject to hydrolysis) is 2. The Morgan fingerprint density at radius 1 is 0.662 bits per heavy atom. The van der Waals surface area contributed by atoms with Crippen molar-refractivity contribution in [3.05, 3.63) is 71.8 Å². The van der Waals surface area contributed by atoms with Gasteiger partial charge in [0.2, 0.25) is 11.8 Å². The molecule has 0 radical (unpaired) electrons. The Kier molecular flexibility index (Phi) is 20.1. The van der Waals surface area contributed by atoms with Gasteiger partial charge in [-0.3, -0.25) is 19.2 Å². The number of nitrogens with zero attached hydrogens (tertiary/aromatic N) is 2. The lowest BCUT2D eigenvalue weighted by Crippen LogP contribution is -2.57. The molecule has 1 saturated carbocycles. The Hall–Kier alpha value is -4.78. The number of nitrogens with one attached hydrogen (secondary N) is 3. The number of carbonyl (C=O) groups excluding carboxylic acids is 6. The molecule has 376 valence electrons. The summed E-state index contributed by atoms with van der Waals surface area (Å²) in [7, 11) is 0. The lowest BCUT2D eigenvalue weighted by molar-refractivity contribution is -0.143. The Morgan fingerprint density at radius 3 is 1.78 bits per heavy atom. The summed E-state index contributed by atoms with van der Waals surface area (Å²) in [5, 5.41) is 8.67. The molecule has 3 N–H and O–H groups in total. The maximum atomic E-state index is 14.6. The van der Waals surface area contributed by atoms with Crippen molar-refractivity contribution in [3.8, 4) is 0 Å². The van der Waals surface area contributed by atoms with Gasteiger partial charge in [0.05, 0.1) is 12.1 Å². The molecule has 1 aliphatic carbocycles. The second kappa shape index (κ2) is 25.2. The van der Waals surface area contributed by atoms with Gasteiger partial charge in [0, 0.05) is 50.4 Å². The van der Waals surface area contributed by atoms with E-state index < -0.39 is 53.2 Å². The van der Waals surface area contributed by atoms with Crippen molar-refractivity contribution in [2.45, 2.75) is 181 Å². The quantitative estimate of drug-likeness (QED) is 0.0978. The monoisotopic (exact) mass is 942 g/mol. The van der Waals surface area contributed by atoms with E-state index in [1.165, 1.54) is 45.2 Å². The predicted molar refractivity (Wildman–Crippen MR) is 266 cm³/mol. The van der Waals surface area contributed by atoms with E-state index in [0.717, 1.165) is 24.0 Å². The van der Waals surface area contributed by atoms with Crippen LogP contribution in [0.5, 0.6) is 0 Å². The summed E-state index contributed by atoms with van der Waals surface area (Å²) < 4.78 is 10.9. The molecule has 2 aliphatic heterocycles. The van der Waals surface area contributed by atoms with Gasteiger partial charge in [-0.25, -0.2) is 9.59 Å². The van der Waals surface area contributed by atoms with Gasteiger partial charge >= 0.3 is 12.2 Å². The average Bonchev–Trinajstić information content (AvgIpc) is 3.26. The molecule has 4 atom stereocenters. The molecule has 3 fully saturated rings. The molecule has 2 aromatic carbocycles. The smallest absolute Gasteiger partial charge is 0.408 e. The number of unbranched alkanes of at least 4 members (excludes halogenated alkanes) is 1. The standard InChI is InChI=1S/C55H83N5O8/c1-39(2)32-45(57-49(63)43(33-40-20-12-9-13-21-40)36-48(62)46(34-41-22-14-10-15-23-41)58-52(66)68-54(6,7)8)47(61)35-42(24-16-17-27-56-51(65)67-53(3,4)5)50(64)60-30-25-55(26-31-60)37-44(38-55)59-28-18-11-19-29-59/h9-10,12-15,20-23,39,42-46H,11,16-19,24-38H2,1-8H3,(H,56,65)(H,57,63)(H,58,66)/t42-,43-,45+,46+/m0/s1. The summed E-state index contributed by atoms with van der Waals surface area (Å²) in [4.78, 5) is 88.1. The average molecular weight is 942 g/mol. The molecule has 0 unspecified atom stereocenters. The van der Waals surface area contributed by atoms with E-state index in [9.17, 15) is 28.8 Å². The minimum Gasteiger partial charge on any atom is -0.444 e. The van der Waals surface area contributed by atoms with Gasteiger partial charge < -0.3 is 35.2 Å². The molecule has 2 heterocycles. The number of ether oxygens (including phenoxy) is 2. The first-order valence-corrected chi connectivity index (χ1v) is 25.6. The second-order valence-electron chi connectivity index (χ2n) is 22.4. The van der Waals surface area contributed by atoms with Crippen LogP contribution in [-0.2, 0) is 41.5 Å². The van der Waals surface area contributed by atoms with Crippen LogP contribution in [0.15, 0.2) is 60.7 Å². The van der Waals surface area contributed by atoms with Crippen molar-refractivity contribution in [2.24, 2.45) is 23.2 Å². The van der Waals surface area contributed by atoms with Crippen LogP contribution in [0.2, 0.25) is 0 Å². The number of benzene rings is 2. The lowest BCUT2D eigenvalue weighted by atomic mass is 9.59. The van der Waals surface area contributed by atoms with Crippen molar-refractivity contribution >= 4 is 35.6 Å². The summed E-state index contributed by atoms with van der Waals surface area (Å²) in [6.45, 7) is 18.8. The van der Waals surface area contributed by atoms with E-state index in [0.29, 0.717) is 51.4 Å². The Morgan fingerprint density at radius 2 is 1.21 bits per heavy atom.